The lowest BCUT2D eigenvalue weighted by Crippen LogP contribution is -2.45. The molecule has 1 unspecified atom stereocenters. The second-order valence-electron chi connectivity index (χ2n) is 5.70. The Morgan fingerprint density at radius 2 is 2.08 bits per heavy atom. The number of nitrogens with zero attached hydrogens (tertiary/aromatic N) is 1. The second-order valence-corrected chi connectivity index (χ2v) is 5.70. The van der Waals surface area contributed by atoms with E-state index in [-0.39, 0.29) is 18.7 Å². The Kier molecular flexibility index (Phi) is 5.76. The van der Waals surface area contributed by atoms with E-state index in [0.717, 1.165) is 0 Å². The van der Waals surface area contributed by atoms with Gasteiger partial charge in [-0.2, -0.15) is 0 Å². The Morgan fingerprint density at radius 3 is 2.72 bits per heavy atom. The van der Waals surface area contributed by atoms with Gasteiger partial charge in [-0.05, 0) is 24.6 Å². The molecular weight excluding hydrogens is 328 g/mol. The standard InChI is InChI=1S/C17H20N2O6/c1-17(9-15(20)21,11-5-4-6-12(7-11)24-3)18-16(22)14-8-13(10-23-2)25-19-14/h4-8H,9-10H2,1-3H3,(H,18,22)(H,20,21). The summed E-state index contributed by atoms with van der Waals surface area (Å²) in [6, 6.07) is 8.33. The van der Waals surface area contributed by atoms with Gasteiger partial charge in [-0.15, -0.1) is 0 Å². The Bertz CT molecular complexity index is 757. The van der Waals surface area contributed by atoms with Crippen molar-refractivity contribution in [3.8, 4) is 5.75 Å². The van der Waals surface area contributed by atoms with Crippen LogP contribution in [0, 0.1) is 0 Å². The number of rotatable bonds is 8. The minimum absolute atomic E-state index is 0.0477. The molecule has 2 N–H and O–H groups in total. The second kappa shape index (κ2) is 7.80. The average molecular weight is 348 g/mol. The van der Waals surface area contributed by atoms with E-state index in [0.29, 0.717) is 17.1 Å². The molecule has 1 aromatic carbocycles. The average Bonchev–Trinajstić information content (AvgIpc) is 3.03. The van der Waals surface area contributed by atoms with E-state index >= 15 is 0 Å². The van der Waals surface area contributed by atoms with Crippen molar-refractivity contribution >= 4 is 11.9 Å². The van der Waals surface area contributed by atoms with Crippen LogP contribution in [-0.4, -0.2) is 36.4 Å². The summed E-state index contributed by atoms with van der Waals surface area (Å²) >= 11 is 0. The van der Waals surface area contributed by atoms with Gasteiger partial charge in [0, 0.05) is 13.2 Å². The molecule has 0 fully saturated rings. The summed E-state index contributed by atoms with van der Waals surface area (Å²) in [6.07, 6.45) is -0.311. The van der Waals surface area contributed by atoms with Gasteiger partial charge in [0.1, 0.15) is 12.4 Å². The normalized spacial score (nSPS) is 13.1. The Balaban J connectivity index is 2.29. The summed E-state index contributed by atoms with van der Waals surface area (Å²) < 4.78 is 15.1. The van der Waals surface area contributed by atoms with Crippen LogP contribution in [0.2, 0.25) is 0 Å². The van der Waals surface area contributed by atoms with Crippen LogP contribution in [0.3, 0.4) is 0 Å². The number of aliphatic carboxylic acids is 1. The number of carboxylic acid groups (broad SMARTS) is 1. The molecule has 0 saturated heterocycles. The molecule has 2 aromatic rings. The number of aromatic nitrogens is 1. The Hall–Kier alpha value is -2.87. The van der Waals surface area contributed by atoms with E-state index in [2.05, 4.69) is 10.5 Å². The van der Waals surface area contributed by atoms with Gasteiger partial charge in [0.05, 0.1) is 19.1 Å². The number of carbonyl (C=O) groups excluding carboxylic acids is 1. The molecule has 25 heavy (non-hydrogen) atoms. The molecule has 8 nitrogen and oxygen atoms in total. The van der Waals surface area contributed by atoms with Gasteiger partial charge < -0.3 is 24.4 Å². The van der Waals surface area contributed by atoms with Gasteiger partial charge in [-0.3, -0.25) is 9.59 Å². The summed E-state index contributed by atoms with van der Waals surface area (Å²) in [5.41, 5.74) is -0.507. The number of carboxylic acids is 1. The molecule has 134 valence electrons. The highest BCUT2D eigenvalue weighted by Crippen LogP contribution is 2.28. The first kappa shape index (κ1) is 18.5. The topological polar surface area (TPSA) is 111 Å². The van der Waals surface area contributed by atoms with Crippen molar-refractivity contribution in [2.24, 2.45) is 0 Å². The van der Waals surface area contributed by atoms with Crippen LogP contribution in [0.1, 0.15) is 35.2 Å². The molecule has 1 amide bonds. The smallest absolute Gasteiger partial charge is 0.306 e. The molecule has 1 aromatic heterocycles. The molecule has 1 heterocycles. The van der Waals surface area contributed by atoms with E-state index in [1.165, 1.54) is 20.3 Å². The zero-order chi connectivity index (χ0) is 18.4. The summed E-state index contributed by atoms with van der Waals surface area (Å²) in [4.78, 5) is 23.8. The van der Waals surface area contributed by atoms with Crippen molar-refractivity contribution in [3.05, 3.63) is 47.3 Å². The van der Waals surface area contributed by atoms with Crippen LogP contribution < -0.4 is 10.1 Å². The van der Waals surface area contributed by atoms with E-state index in [9.17, 15) is 14.7 Å². The fraction of sp³-hybridized carbons (Fsp3) is 0.353. The molecule has 0 aliphatic heterocycles. The first-order valence-corrected chi connectivity index (χ1v) is 7.51. The van der Waals surface area contributed by atoms with Gasteiger partial charge >= 0.3 is 5.97 Å². The summed E-state index contributed by atoms with van der Waals surface area (Å²) in [6.45, 7) is 1.81. The van der Waals surface area contributed by atoms with E-state index in [1.54, 1.807) is 31.2 Å². The first-order chi connectivity index (χ1) is 11.9. The highest BCUT2D eigenvalue weighted by molar-refractivity contribution is 5.93. The maximum absolute atomic E-state index is 12.5. The quantitative estimate of drug-likeness (QED) is 0.750. The van der Waals surface area contributed by atoms with Crippen molar-refractivity contribution in [3.63, 3.8) is 0 Å². The van der Waals surface area contributed by atoms with Gasteiger partial charge in [0.25, 0.3) is 5.91 Å². The molecule has 0 spiro atoms. The lowest BCUT2D eigenvalue weighted by Gasteiger charge is -2.29. The monoisotopic (exact) mass is 348 g/mol. The van der Waals surface area contributed by atoms with Crippen LogP contribution in [-0.2, 0) is 21.7 Å². The lowest BCUT2D eigenvalue weighted by atomic mass is 9.88. The summed E-state index contributed by atoms with van der Waals surface area (Å²) in [5.74, 6) is -0.635. The third kappa shape index (κ3) is 4.57. The van der Waals surface area contributed by atoms with Crippen molar-refractivity contribution < 1.29 is 28.7 Å². The molecular formula is C17H20N2O6. The molecule has 0 saturated carbocycles. The third-order valence-corrected chi connectivity index (χ3v) is 3.68. The Morgan fingerprint density at radius 1 is 1.32 bits per heavy atom. The van der Waals surface area contributed by atoms with Gasteiger partial charge in [-0.1, -0.05) is 17.3 Å². The predicted octanol–water partition coefficient (Wildman–Crippen LogP) is 1.95. The van der Waals surface area contributed by atoms with Crippen LogP contribution in [0.5, 0.6) is 5.75 Å². The number of ether oxygens (including phenoxy) is 2. The van der Waals surface area contributed by atoms with E-state index < -0.39 is 17.4 Å². The van der Waals surface area contributed by atoms with Crippen LogP contribution in [0.4, 0.5) is 0 Å². The minimum atomic E-state index is -1.15. The zero-order valence-electron chi connectivity index (χ0n) is 14.2. The summed E-state index contributed by atoms with van der Waals surface area (Å²) in [5, 5.41) is 15.7. The number of nitrogens with one attached hydrogen (secondary N) is 1. The highest BCUT2D eigenvalue weighted by Gasteiger charge is 2.33. The number of benzene rings is 1. The molecule has 8 heteroatoms. The Labute approximate surface area is 144 Å². The van der Waals surface area contributed by atoms with Crippen molar-refractivity contribution in [2.45, 2.75) is 25.5 Å². The predicted molar refractivity (Wildman–Crippen MR) is 87.3 cm³/mol. The molecule has 2 rings (SSSR count). The van der Waals surface area contributed by atoms with Gasteiger partial charge in [0.15, 0.2) is 11.5 Å². The van der Waals surface area contributed by atoms with Gasteiger partial charge in [-0.25, -0.2) is 0 Å². The largest absolute Gasteiger partial charge is 0.497 e. The molecule has 0 bridgehead atoms. The van der Waals surface area contributed by atoms with Crippen LogP contribution in [0.15, 0.2) is 34.9 Å². The van der Waals surface area contributed by atoms with E-state index in [1.807, 2.05) is 0 Å². The number of hydrogen-bond donors (Lipinski definition) is 2. The third-order valence-electron chi connectivity index (χ3n) is 3.68. The lowest BCUT2D eigenvalue weighted by molar-refractivity contribution is -0.138. The molecule has 1 atom stereocenters. The molecule has 0 radical (unpaired) electrons. The SMILES string of the molecule is COCc1cc(C(=O)NC(C)(CC(=O)O)c2cccc(OC)c2)no1. The van der Waals surface area contributed by atoms with Crippen molar-refractivity contribution in [1.82, 2.24) is 10.5 Å². The summed E-state index contributed by atoms with van der Waals surface area (Å²) in [7, 11) is 3.01. The molecule has 0 aliphatic carbocycles. The fourth-order valence-electron chi connectivity index (χ4n) is 2.43. The highest BCUT2D eigenvalue weighted by atomic mass is 16.5. The number of methoxy groups -OCH3 is 2. The fourth-order valence-corrected chi connectivity index (χ4v) is 2.43. The van der Waals surface area contributed by atoms with Crippen LogP contribution in [0.25, 0.3) is 0 Å². The maximum Gasteiger partial charge on any atom is 0.306 e. The van der Waals surface area contributed by atoms with Crippen molar-refractivity contribution in [1.29, 1.82) is 0 Å². The number of carbonyl (C=O) groups is 2. The van der Waals surface area contributed by atoms with Crippen molar-refractivity contribution in [2.75, 3.05) is 14.2 Å². The zero-order valence-corrected chi connectivity index (χ0v) is 14.2. The number of amides is 1. The number of hydrogen-bond acceptors (Lipinski definition) is 6. The van der Waals surface area contributed by atoms with E-state index in [4.69, 9.17) is 14.0 Å². The maximum atomic E-state index is 12.5. The minimum Gasteiger partial charge on any atom is -0.497 e. The van der Waals surface area contributed by atoms with Crippen LogP contribution >= 0.6 is 0 Å². The van der Waals surface area contributed by atoms with Gasteiger partial charge in [0.2, 0.25) is 0 Å². The first-order valence-electron chi connectivity index (χ1n) is 7.51. The molecule has 0 aliphatic rings.